The third-order valence-corrected chi connectivity index (χ3v) is 3.64. The summed E-state index contributed by atoms with van der Waals surface area (Å²) in [5.41, 5.74) is 1.03. The van der Waals surface area contributed by atoms with Gasteiger partial charge in [-0.2, -0.15) is 0 Å². The predicted octanol–water partition coefficient (Wildman–Crippen LogP) is 3.32. The number of hydrogen-bond donors (Lipinski definition) is 1. The van der Waals surface area contributed by atoms with Crippen LogP contribution in [0.4, 0.5) is 4.39 Å². The van der Waals surface area contributed by atoms with Gasteiger partial charge in [-0.3, -0.25) is 0 Å². The van der Waals surface area contributed by atoms with Crippen LogP contribution in [0.2, 0.25) is 0 Å². The molecule has 1 aromatic rings. The van der Waals surface area contributed by atoms with Gasteiger partial charge in [0.05, 0.1) is 12.7 Å². The first-order chi connectivity index (χ1) is 8.69. The van der Waals surface area contributed by atoms with Crippen LogP contribution in [0.5, 0.6) is 5.75 Å². The minimum absolute atomic E-state index is 0.127. The van der Waals surface area contributed by atoms with Gasteiger partial charge in [0.25, 0.3) is 0 Å². The first kappa shape index (κ1) is 13.3. The monoisotopic (exact) mass is 252 g/mol. The van der Waals surface area contributed by atoms with Gasteiger partial charge in [0.1, 0.15) is 0 Å². The highest BCUT2D eigenvalue weighted by molar-refractivity contribution is 5.29. The Hall–Kier alpha value is -1.09. The predicted molar refractivity (Wildman–Crippen MR) is 69.2 cm³/mol. The van der Waals surface area contributed by atoms with Crippen molar-refractivity contribution in [1.29, 1.82) is 0 Å². The molecule has 1 aliphatic rings. The van der Waals surface area contributed by atoms with Gasteiger partial charge in [0.15, 0.2) is 11.6 Å². The van der Waals surface area contributed by atoms with Crippen molar-refractivity contribution in [1.82, 2.24) is 0 Å². The Labute approximate surface area is 108 Å². The Morgan fingerprint density at radius 2 is 2.00 bits per heavy atom. The second-order valence-corrected chi connectivity index (χ2v) is 5.08. The molecule has 1 saturated carbocycles. The minimum atomic E-state index is -0.273. The molecule has 1 aliphatic carbocycles. The maximum Gasteiger partial charge on any atom is 0.165 e. The summed E-state index contributed by atoms with van der Waals surface area (Å²) in [7, 11) is 0. The molecule has 0 unspecified atom stereocenters. The number of ether oxygens (including phenoxy) is 1. The normalized spacial score (nSPS) is 23.9. The molecule has 0 bridgehead atoms. The molecule has 0 heterocycles. The van der Waals surface area contributed by atoms with Crippen LogP contribution in [0, 0.1) is 11.7 Å². The van der Waals surface area contributed by atoms with Gasteiger partial charge in [-0.05, 0) is 62.6 Å². The van der Waals surface area contributed by atoms with E-state index in [9.17, 15) is 9.50 Å². The van der Waals surface area contributed by atoms with Crippen molar-refractivity contribution in [2.24, 2.45) is 5.92 Å². The lowest BCUT2D eigenvalue weighted by molar-refractivity contribution is 0.108. The number of aliphatic hydroxyl groups is 1. The van der Waals surface area contributed by atoms with Crippen LogP contribution in [-0.2, 0) is 6.42 Å². The number of halogens is 1. The molecule has 1 aromatic carbocycles. The van der Waals surface area contributed by atoms with Crippen LogP contribution in [0.3, 0.4) is 0 Å². The quantitative estimate of drug-likeness (QED) is 0.890. The Morgan fingerprint density at radius 3 is 2.61 bits per heavy atom. The van der Waals surface area contributed by atoms with Gasteiger partial charge < -0.3 is 9.84 Å². The highest BCUT2D eigenvalue weighted by Gasteiger charge is 2.19. The molecule has 2 rings (SSSR count). The molecule has 100 valence electrons. The molecule has 1 N–H and O–H groups in total. The van der Waals surface area contributed by atoms with Crippen molar-refractivity contribution in [2.45, 2.75) is 45.1 Å². The third kappa shape index (κ3) is 3.45. The second kappa shape index (κ2) is 6.19. The van der Waals surface area contributed by atoms with Crippen molar-refractivity contribution >= 4 is 0 Å². The fourth-order valence-electron chi connectivity index (χ4n) is 2.63. The summed E-state index contributed by atoms with van der Waals surface area (Å²) in [6.45, 7) is 2.33. The molecule has 18 heavy (non-hydrogen) atoms. The fraction of sp³-hybridized carbons (Fsp3) is 0.600. The molecule has 0 radical (unpaired) electrons. The summed E-state index contributed by atoms with van der Waals surface area (Å²) >= 11 is 0. The van der Waals surface area contributed by atoms with Crippen molar-refractivity contribution in [2.75, 3.05) is 6.61 Å². The molecule has 1 fully saturated rings. The van der Waals surface area contributed by atoms with Gasteiger partial charge in [-0.15, -0.1) is 0 Å². The molecule has 0 spiro atoms. The first-order valence-corrected chi connectivity index (χ1v) is 6.78. The first-order valence-electron chi connectivity index (χ1n) is 6.78. The zero-order valence-corrected chi connectivity index (χ0v) is 10.9. The molecule has 3 heteroatoms. The van der Waals surface area contributed by atoms with E-state index < -0.39 is 0 Å². The van der Waals surface area contributed by atoms with Gasteiger partial charge >= 0.3 is 0 Å². The third-order valence-electron chi connectivity index (χ3n) is 3.64. The summed E-state index contributed by atoms with van der Waals surface area (Å²) in [5, 5.41) is 9.46. The van der Waals surface area contributed by atoms with E-state index in [4.69, 9.17) is 4.74 Å². The zero-order valence-electron chi connectivity index (χ0n) is 10.9. The van der Waals surface area contributed by atoms with E-state index in [0.717, 1.165) is 37.7 Å². The van der Waals surface area contributed by atoms with Crippen molar-refractivity contribution in [3.05, 3.63) is 29.6 Å². The lowest BCUT2D eigenvalue weighted by Crippen LogP contribution is -2.19. The minimum Gasteiger partial charge on any atom is -0.491 e. The Balaban J connectivity index is 1.95. The van der Waals surface area contributed by atoms with E-state index in [2.05, 4.69) is 0 Å². The van der Waals surface area contributed by atoms with Crippen molar-refractivity contribution in [3.8, 4) is 5.75 Å². The number of hydrogen-bond acceptors (Lipinski definition) is 2. The Morgan fingerprint density at radius 1 is 1.28 bits per heavy atom. The van der Waals surface area contributed by atoms with Crippen molar-refractivity contribution in [3.63, 3.8) is 0 Å². The van der Waals surface area contributed by atoms with E-state index in [0.29, 0.717) is 18.3 Å². The smallest absolute Gasteiger partial charge is 0.165 e. The van der Waals surface area contributed by atoms with Crippen LogP contribution in [0.15, 0.2) is 18.2 Å². The molecule has 0 aromatic heterocycles. The lowest BCUT2D eigenvalue weighted by atomic mass is 9.83. The van der Waals surface area contributed by atoms with E-state index in [1.165, 1.54) is 0 Å². The summed E-state index contributed by atoms with van der Waals surface area (Å²) in [5.74, 6) is 0.635. The maximum absolute atomic E-state index is 13.7. The van der Waals surface area contributed by atoms with Crippen LogP contribution in [0.1, 0.15) is 38.2 Å². The van der Waals surface area contributed by atoms with Gasteiger partial charge in [0.2, 0.25) is 0 Å². The number of benzene rings is 1. The maximum atomic E-state index is 13.7. The van der Waals surface area contributed by atoms with Gasteiger partial charge in [0, 0.05) is 0 Å². The highest BCUT2D eigenvalue weighted by atomic mass is 19.1. The standard InChI is InChI=1S/C15H21FO2/c1-2-18-15-8-5-12(10-14(15)16)9-11-3-6-13(17)7-4-11/h5,8,10-11,13,17H,2-4,6-7,9H2,1H3. The summed E-state index contributed by atoms with van der Waals surface area (Å²) < 4.78 is 18.9. The van der Waals surface area contributed by atoms with Crippen LogP contribution >= 0.6 is 0 Å². The van der Waals surface area contributed by atoms with E-state index in [1.807, 2.05) is 13.0 Å². The molecule has 0 saturated heterocycles. The van der Waals surface area contributed by atoms with Crippen molar-refractivity contribution < 1.29 is 14.2 Å². The lowest BCUT2D eigenvalue weighted by Gasteiger charge is -2.25. The second-order valence-electron chi connectivity index (χ2n) is 5.08. The molecular weight excluding hydrogens is 231 g/mol. The zero-order chi connectivity index (χ0) is 13.0. The Bertz CT molecular complexity index is 384. The van der Waals surface area contributed by atoms with Gasteiger partial charge in [-0.1, -0.05) is 6.07 Å². The van der Waals surface area contributed by atoms with Crippen LogP contribution in [0.25, 0.3) is 0 Å². The Kier molecular flexibility index (Phi) is 4.59. The number of rotatable bonds is 4. The van der Waals surface area contributed by atoms with Gasteiger partial charge in [-0.25, -0.2) is 4.39 Å². The average Bonchev–Trinajstić information content (AvgIpc) is 2.36. The largest absolute Gasteiger partial charge is 0.491 e. The van der Waals surface area contributed by atoms with Crippen LogP contribution in [-0.4, -0.2) is 17.8 Å². The number of aliphatic hydroxyl groups excluding tert-OH is 1. The highest BCUT2D eigenvalue weighted by Crippen LogP contribution is 2.28. The van der Waals surface area contributed by atoms with E-state index in [1.54, 1.807) is 12.1 Å². The summed E-state index contributed by atoms with van der Waals surface area (Å²) in [6.07, 6.45) is 4.61. The molecule has 0 aliphatic heterocycles. The SMILES string of the molecule is CCOc1ccc(CC2CCC(O)CC2)cc1F. The molecule has 0 atom stereocenters. The summed E-state index contributed by atoms with van der Waals surface area (Å²) in [4.78, 5) is 0. The van der Waals surface area contributed by atoms with E-state index >= 15 is 0 Å². The molecule has 2 nitrogen and oxygen atoms in total. The van der Waals surface area contributed by atoms with Crippen LogP contribution < -0.4 is 4.74 Å². The average molecular weight is 252 g/mol. The van der Waals surface area contributed by atoms with E-state index in [-0.39, 0.29) is 11.9 Å². The molecule has 0 amide bonds. The fourth-order valence-corrected chi connectivity index (χ4v) is 2.63. The molecular formula is C15H21FO2. The summed E-state index contributed by atoms with van der Waals surface area (Å²) in [6, 6.07) is 5.24. The topological polar surface area (TPSA) is 29.5 Å².